The maximum Gasteiger partial charge on any atom is 0.223 e. The van der Waals surface area contributed by atoms with E-state index in [1.54, 1.807) is 0 Å². The first kappa shape index (κ1) is 12.5. The Morgan fingerprint density at radius 3 is 2.54 bits per heavy atom. The molecule has 0 saturated carbocycles. The molecular weight excluding hydrogens is 162 g/mol. The number of hydrogen-bond donors (Lipinski definition) is 1. The number of piperidine rings is 1. The molecule has 1 saturated heterocycles. The molecular formula is C11H23NO. The molecule has 0 aromatic rings. The zero-order valence-electron chi connectivity index (χ0n) is 8.31. The van der Waals surface area contributed by atoms with E-state index < -0.39 is 0 Å². The van der Waals surface area contributed by atoms with Crippen molar-refractivity contribution in [1.82, 2.24) is 5.32 Å². The van der Waals surface area contributed by atoms with Crippen molar-refractivity contribution in [1.29, 1.82) is 0 Å². The van der Waals surface area contributed by atoms with Crippen LogP contribution in [0.3, 0.4) is 0 Å². The van der Waals surface area contributed by atoms with Crippen LogP contribution in [-0.2, 0) is 4.79 Å². The molecule has 1 aliphatic rings. The second-order valence-corrected chi connectivity index (χ2v) is 4.89. The number of hydrogen-bond acceptors (Lipinski definition) is 1. The van der Waals surface area contributed by atoms with E-state index in [9.17, 15) is 4.79 Å². The van der Waals surface area contributed by atoms with Crippen LogP contribution in [0.25, 0.3) is 0 Å². The Morgan fingerprint density at radius 1 is 1.46 bits per heavy atom. The summed E-state index contributed by atoms with van der Waals surface area (Å²) >= 11 is 0. The van der Waals surface area contributed by atoms with Crippen LogP contribution in [0.5, 0.6) is 0 Å². The third kappa shape index (κ3) is 4.30. The molecule has 1 heterocycles. The van der Waals surface area contributed by atoms with Crippen molar-refractivity contribution in [3.05, 3.63) is 0 Å². The molecule has 0 unspecified atom stereocenters. The normalized spacial score (nSPS) is 23.3. The minimum atomic E-state index is 0. The summed E-state index contributed by atoms with van der Waals surface area (Å²) in [5.74, 6) is 0.523. The Balaban J connectivity index is 0.00000144. The Hall–Kier alpha value is -0.530. The Morgan fingerprint density at radius 2 is 2.08 bits per heavy atom. The van der Waals surface area contributed by atoms with Gasteiger partial charge < -0.3 is 5.32 Å². The van der Waals surface area contributed by atoms with E-state index in [0.717, 1.165) is 25.8 Å². The summed E-state index contributed by atoms with van der Waals surface area (Å²) in [5, 5.41) is 2.92. The van der Waals surface area contributed by atoms with Crippen molar-refractivity contribution in [3.8, 4) is 0 Å². The molecule has 0 radical (unpaired) electrons. The third-order valence-corrected chi connectivity index (χ3v) is 2.26. The van der Waals surface area contributed by atoms with Crippen LogP contribution in [0.15, 0.2) is 0 Å². The minimum Gasteiger partial charge on any atom is -0.356 e. The van der Waals surface area contributed by atoms with Crippen molar-refractivity contribution >= 4 is 5.91 Å². The lowest BCUT2D eigenvalue weighted by Crippen LogP contribution is -2.38. The predicted octanol–water partition coefficient (Wildman–Crippen LogP) is 2.58. The summed E-state index contributed by atoms with van der Waals surface area (Å²) in [7, 11) is 0. The van der Waals surface area contributed by atoms with Gasteiger partial charge in [0.15, 0.2) is 0 Å². The average molecular weight is 185 g/mol. The van der Waals surface area contributed by atoms with Gasteiger partial charge >= 0.3 is 0 Å². The van der Waals surface area contributed by atoms with Gasteiger partial charge in [-0.15, -0.1) is 0 Å². The largest absolute Gasteiger partial charge is 0.356 e. The number of nitrogens with one attached hydrogen (secondary N) is 1. The van der Waals surface area contributed by atoms with E-state index in [-0.39, 0.29) is 24.7 Å². The predicted molar refractivity (Wildman–Crippen MR) is 56.5 cm³/mol. The fourth-order valence-corrected chi connectivity index (χ4v) is 1.77. The van der Waals surface area contributed by atoms with Gasteiger partial charge in [0, 0.05) is 12.5 Å². The van der Waals surface area contributed by atoms with Crippen molar-refractivity contribution in [2.75, 3.05) is 6.54 Å². The van der Waals surface area contributed by atoms with Crippen molar-refractivity contribution in [2.45, 2.75) is 47.5 Å². The zero-order chi connectivity index (χ0) is 9.19. The van der Waals surface area contributed by atoms with Gasteiger partial charge in [-0.1, -0.05) is 28.2 Å². The Bertz CT molecular complexity index is 169. The van der Waals surface area contributed by atoms with E-state index >= 15 is 0 Å². The second-order valence-electron chi connectivity index (χ2n) is 4.89. The van der Waals surface area contributed by atoms with Crippen LogP contribution in [0.2, 0.25) is 0 Å². The van der Waals surface area contributed by atoms with Crippen LogP contribution in [0.1, 0.15) is 47.5 Å². The van der Waals surface area contributed by atoms with Gasteiger partial charge in [0.25, 0.3) is 0 Å². The van der Waals surface area contributed by atoms with Gasteiger partial charge in [0.1, 0.15) is 0 Å². The summed E-state index contributed by atoms with van der Waals surface area (Å²) in [5.41, 5.74) is 0.277. The number of carbonyl (C=O) groups is 1. The highest BCUT2D eigenvalue weighted by molar-refractivity contribution is 5.79. The lowest BCUT2D eigenvalue weighted by Gasteiger charge is -2.28. The topological polar surface area (TPSA) is 29.1 Å². The first-order valence-corrected chi connectivity index (χ1v) is 4.77. The lowest BCUT2D eigenvalue weighted by molar-refractivity contribution is -0.127. The van der Waals surface area contributed by atoms with E-state index in [1.165, 1.54) is 0 Å². The van der Waals surface area contributed by atoms with Crippen LogP contribution in [0, 0.1) is 11.3 Å². The zero-order valence-corrected chi connectivity index (χ0v) is 8.31. The SMILES string of the molecule is C.CC(C)(C)C[C@@H]1CCCNC1=O. The van der Waals surface area contributed by atoms with E-state index in [4.69, 9.17) is 0 Å². The fourth-order valence-electron chi connectivity index (χ4n) is 1.77. The lowest BCUT2D eigenvalue weighted by atomic mass is 9.81. The third-order valence-electron chi connectivity index (χ3n) is 2.26. The van der Waals surface area contributed by atoms with E-state index in [2.05, 4.69) is 26.1 Å². The summed E-state index contributed by atoms with van der Waals surface area (Å²) < 4.78 is 0. The van der Waals surface area contributed by atoms with Gasteiger partial charge in [-0.2, -0.15) is 0 Å². The maximum atomic E-state index is 11.4. The first-order valence-electron chi connectivity index (χ1n) is 4.77. The standard InChI is InChI=1S/C10H19NO.CH4/c1-10(2,3)7-8-5-4-6-11-9(8)12;/h8H,4-7H2,1-3H3,(H,11,12);1H4/t8-;/m0./s1. The quantitative estimate of drug-likeness (QED) is 0.668. The molecule has 1 atom stereocenters. The molecule has 1 aliphatic heterocycles. The van der Waals surface area contributed by atoms with Crippen molar-refractivity contribution in [2.24, 2.45) is 11.3 Å². The summed E-state index contributed by atoms with van der Waals surface area (Å²) in [6, 6.07) is 0. The highest BCUT2D eigenvalue weighted by atomic mass is 16.1. The number of amides is 1. The molecule has 0 bridgehead atoms. The molecule has 1 N–H and O–H groups in total. The summed E-state index contributed by atoms with van der Waals surface area (Å²) in [4.78, 5) is 11.4. The van der Waals surface area contributed by atoms with E-state index in [1.807, 2.05) is 0 Å². The first-order chi connectivity index (χ1) is 5.49. The highest BCUT2D eigenvalue weighted by Crippen LogP contribution is 2.28. The summed E-state index contributed by atoms with van der Waals surface area (Å²) in [6.45, 7) is 7.44. The maximum absolute atomic E-state index is 11.4. The fraction of sp³-hybridized carbons (Fsp3) is 0.909. The average Bonchev–Trinajstić information content (AvgIpc) is 1.91. The molecule has 0 aromatic heterocycles. The molecule has 1 fully saturated rings. The molecule has 13 heavy (non-hydrogen) atoms. The van der Waals surface area contributed by atoms with Gasteiger partial charge in [0.2, 0.25) is 5.91 Å². The minimum absolute atomic E-state index is 0. The van der Waals surface area contributed by atoms with Gasteiger partial charge in [-0.25, -0.2) is 0 Å². The van der Waals surface area contributed by atoms with Gasteiger partial charge in [-0.3, -0.25) is 4.79 Å². The molecule has 0 aliphatic carbocycles. The molecule has 0 aromatic carbocycles. The smallest absolute Gasteiger partial charge is 0.223 e. The molecule has 2 nitrogen and oxygen atoms in total. The monoisotopic (exact) mass is 185 g/mol. The highest BCUT2D eigenvalue weighted by Gasteiger charge is 2.26. The van der Waals surface area contributed by atoms with Gasteiger partial charge in [-0.05, 0) is 24.7 Å². The molecule has 1 amide bonds. The number of rotatable bonds is 1. The second kappa shape index (κ2) is 4.64. The Kier molecular flexibility index (Phi) is 4.45. The summed E-state index contributed by atoms with van der Waals surface area (Å²) in [6.07, 6.45) is 3.23. The number of carbonyl (C=O) groups excluding carboxylic acids is 1. The van der Waals surface area contributed by atoms with Gasteiger partial charge in [0.05, 0.1) is 0 Å². The van der Waals surface area contributed by atoms with Crippen LogP contribution >= 0.6 is 0 Å². The molecule has 2 heteroatoms. The van der Waals surface area contributed by atoms with Crippen molar-refractivity contribution in [3.63, 3.8) is 0 Å². The van der Waals surface area contributed by atoms with Crippen LogP contribution in [0.4, 0.5) is 0 Å². The molecule has 1 rings (SSSR count). The Labute approximate surface area is 82.1 Å². The van der Waals surface area contributed by atoms with E-state index in [0.29, 0.717) is 0 Å². The van der Waals surface area contributed by atoms with Crippen molar-refractivity contribution < 1.29 is 4.79 Å². The molecule has 78 valence electrons. The van der Waals surface area contributed by atoms with Crippen LogP contribution < -0.4 is 5.32 Å². The molecule has 0 spiro atoms. The van der Waals surface area contributed by atoms with Crippen LogP contribution in [-0.4, -0.2) is 12.5 Å².